The lowest BCUT2D eigenvalue weighted by molar-refractivity contribution is -0.141. The molecular weight excluding hydrogens is 304 g/mol. The van der Waals surface area contributed by atoms with Crippen LogP contribution in [0.15, 0.2) is 16.1 Å². The van der Waals surface area contributed by atoms with Crippen LogP contribution in [0.25, 0.3) is 5.70 Å². The van der Waals surface area contributed by atoms with Gasteiger partial charge in [-0.25, -0.2) is 15.0 Å². The predicted molar refractivity (Wildman–Crippen MR) is 87.1 cm³/mol. The number of ketones is 1. The van der Waals surface area contributed by atoms with Crippen LogP contribution >= 0.6 is 0 Å². The zero-order valence-electron chi connectivity index (χ0n) is 13.4. The molecule has 2 aliphatic carbocycles. The Bertz CT molecular complexity index is 912. The lowest BCUT2D eigenvalue weighted by Gasteiger charge is -2.33. The molecule has 1 aromatic heterocycles. The third-order valence-electron chi connectivity index (χ3n) is 5.66. The van der Waals surface area contributed by atoms with Crippen molar-refractivity contribution in [1.29, 1.82) is 0 Å². The molecular formula is C18H18N4O2. The number of likely N-dealkylation sites (tertiary alicyclic amines) is 1. The first-order chi connectivity index (χ1) is 11.7. The first-order valence-electron chi connectivity index (χ1n) is 8.76. The van der Waals surface area contributed by atoms with E-state index in [1.165, 1.54) is 12.8 Å². The lowest BCUT2D eigenvalue weighted by atomic mass is 9.88. The second kappa shape index (κ2) is 5.06. The first kappa shape index (κ1) is 14.0. The van der Waals surface area contributed by atoms with Gasteiger partial charge in [-0.2, -0.15) is 0 Å². The molecule has 1 aromatic rings. The van der Waals surface area contributed by atoms with Crippen molar-refractivity contribution in [3.8, 4) is 0 Å². The number of amides is 1. The average molecular weight is 322 g/mol. The van der Waals surface area contributed by atoms with E-state index in [9.17, 15) is 9.59 Å². The normalized spacial score (nSPS) is 25.6. The van der Waals surface area contributed by atoms with E-state index in [0.717, 1.165) is 48.0 Å². The molecule has 2 fully saturated rings. The molecule has 5 rings (SSSR count). The Hall–Kier alpha value is -2.37. The number of hydrogen-bond donors (Lipinski definition) is 0. The second-order valence-electron chi connectivity index (χ2n) is 7.01. The number of hydrogen-bond acceptors (Lipinski definition) is 5. The van der Waals surface area contributed by atoms with Gasteiger partial charge >= 0.3 is 0 Å². The number of aryl methyl sites for hydroxylation is 1. The molecule has 0 aromatic carbocycles. The summed E-state index contributed by atoms with van der Waals surface area (Å²) >= 11 is 0. The van der Waals surface area contributed by atoms with Gasteiger partial charge < -0.3 is 4.90 Å². The molecule has 1 saturated carbocycles. The minimum atomic E-state index is -0.316. The van der Waals surface area contributed by atoms with Crippen LogP contribution in [0, 0.1) is 5.92 Å². The van der Waals surface area contributed by atoms with Crippen LogP contribution in [-0.2, 0) is 16.0 Å². The Balaban J connectivity index is 1.74. The number of aliphatic imine (C=N–C) groups is 1. The van der Waals surface area contributed by atoms with Gasteiger partial charge in [0.2, 0.25) is 5.78 Å². The van der Waals surface area contributed by atoms with E-state index >= 15 is 0 Å². The molecule has 0 bridgehead atoms. The summed E-state index contributed by atoms with van der Waals surface area (Å²) in [7, 11) is 0. The maximum atomic E-state index is 12.7. The molecule has 0 radical (unpaired) electrons. The van der Waals surface area contributed by atoms with Crippen LogP contribution in [0.4, 0.5) is 5.69 Å². The molecule has 4 aliphatic rings. The minimum absolute atomic E-state index is 0.155. The van der Waals surface area contributed by atoms with E-state index < -0.39 is 0 Å². The Morgan fingerprint density at radius 1 is 1.08 bits per heavy atom. The number of Topliss-reactive ketones (excluding diaryl/α,β-unsaturated/α-hetero) is 1. The van der Waals surface area contributed by atoms with Gasteiger partial charge in [-0.05, 0) is 31.7 Å². The number of carbonyl (C=O) groups is 2. The van der Waals surface area contributed by atoms with Gasteiger partial charge in [0.15, 0.2) is 5.49 Å². The molecule has 1 unspecified atom stereocenters. The van der Waals surface area contributed by atoms with Crippen LogP contribution in [0.2, 0.25) is 0 Å². The molecule has 1 atom stereocenters. The smallest absolute Gasteiger partial charge is 0.295 e. The van der Waals surface area contributed by atoms with E-state index in [4.69, 9.17) is 0 Å². The molecule has 2 aliphatic heterocycles. The van der Waals surface area contributed by atoms with Crippen molar-refractivity contribution in [3.63, 3.8) is 0 Å². The average Bonchev–Trinajstić information content (AvgIpc) is 3.17. The summed E-state index contributed by atoms with van der Waals surface area (Å²) in [5.74, 6) is -0.854. The summed E-state index contributed by atoms with van der Waals surface area (Å²) in [5.41, 5.74) is 3.21. The van der Waals surface area contributed by atoms with Gasteiger partial charge in [-0.1, -0.05) is 19.3 Å². The Kier molecular flexibility index (Phi) is 2.96. The highest BCUT2D eigenvalue weighted by Gasteiger charge is 2.47. The molecule has 122 valence electrons. The third-order valence-corrected chi connectivity index (χ3v) is 5.66. The molecule has 3 heterocycles. The Labute approximate surface area is 139 Å². The first-order valence-corrected chi connectivity index (χ1v) is 8.76. The van der Waals surface area contributed by atoms with Crippen molar-refractivity contribution in [2.24, 2.45) is 15.9 Å². The fourth-order valence-corrected chi connectivity index (χ4v) is 4.52. The van der Waals surface area contributed by atoms with Crippen molar-refractivity contribution in [2.45, 2.75) is 51.0 Å². The van der Waals surface area contributed by atoms with Gasteiger partial charge in [0.1, 0.15) is 12.0 Å². The lowest BCUT2D eigenvalue weighted by Crippen LogP contribution is -2.40. The highest BCUT2D eigenvalue weighted by atomic mass is 16.2. The number of pyridine rings is 1. The fraction of sp³-hybridized carbons (Fsp3) is 0.500. The molecule has 0 N–H and O–H groups in total. The van der Waals surface area contributed by atoms with Crippen LogP contribution < -0.4 is 10.7 Å². The quantitative estimate of drug-likeness (QED) is 0.717. The largest absolute Gasteiger partial charge is 0.305 e. The van der Waals surface area contributed by atoms with Gasteiger partial charge in [0.05, 0.1) is 11.6 Å². The predicted octanol–water partition coefficient (Wildman–Crippen LogP) is 0.789. The van der Waals surface area contributed by atoms with Crippen molar-refractivity contribution >= 4 is 29.4 Å². The van der Waals surface area contributed by atoms with E-state index in [1.807, 2.05) is 11.0 Å². The van der Waals surface area contributed by atoms with Crippen molar-refractivity contribution in [3.05, 3.63) is 22.5 Å². The highest BCUT2D eigenvalue weighted by Crippen LogP contribution is 2.38. The minimum Gasteiger partial charge on any atom is -0.305 e. The van der Waals surface area contributed by atoms with Gasteiger partial charge in [0.25, 0.3) is 5.91 Å². The molecule has 0 spiro atoms. The third kappa shape index (κ3) is 1.85. The topological polar surface area (TPSA) is 75.0 Å². The summed E-state index contributed by atoms with van der Waals surface area (Å²) in [4.78, 5) is 40.1. The number of aromatic nitrogens is 1. The standard InChI is InChI=1S/C18H18N4O2/c23-16-11-6-7-13-12(8-14-17(21-13)20-9-19-14)15(11)22(18(16)24)10-4-2-1-3-5-10/h8-11H,1-7H2. The maximum absolute atomic E-state index is 12.7. The maximum Gasteiger partial charge on any atom is 0.295 e. The number of rotatable bonds is 1. The molecule has 1 amide bonds. The Morgan fingerprint density at radius 3 is 2.75 bits per heavy atom. The number of nitrogens with zero attached hydrogens (tertiary/aromatic N) is 4. The molecule has 1 saturated heterocycles. The Morgan fingerprint density at radius 2 is 1.92 bits per heavy atom. The van der Waals surface area contributed by atoms with Crippen molar-refractivity contribution in [1.82, 2.24) is 9.88 Å². The highest BCUT2D eigenvalue weighted by molar-refractivity contribution is 6.43. The van der Waals surface area contributed by atoms with Crippen molar-refractivity contribution < 1.29 is 9.59 Å². The zero-order valence-corrected chi connectivity index (χ0v) is 13.4. The second-order valence-corrected chi connectivity index (χ2v) is 7.01. The zero-order chi connectivity index (χ0) is 16.3. The number of carbonyl (C=O) groups excluding carboxylic acids is 2. The van der Waals surface area contributed by atoms with Crippen LogP contribution in [0.5, 0.6) is 0 Å². The SMILES string of the molecule is O=C1C(=O)N(C2CCCCC2)C2=c3cc4c(nc3CCC12)=NC=N4. The van der Waals surface area contributed by atoms with Crippen LogP contribution in [0.1, 0.15) is 44.2 Å². The summed E-state index contributed by atoms with van der Waals surface area (Å²) in [5, 5.41) is 0.934. The van der Waals surface area contributed by atoms with Crippen LogP contribution in [-0.4, -0.2) is 34.0 Å². The molecule has 6 heteroatoms. The monoisotopic (exact) mass is 322 g/mol. The van der Waals surface area contributed by atoms with Crippen molar-refractivity contribution in [2.75, 3.05) is 0 Å². The summed E-state index contributed by atoms with van der Waals surface area (Å²) in [6.45, 7) is 0. The van der Waals surface area contributed by atoms with E-state index in [1.54, 1.807) is 0 Å². The summed E-state index contributed by atoms with van der Waals surface area (Å²) < 4.78 is 0. The van der Waals surface area contributed by atoms with E-state index in [-0.39, 0.29) is 23.7 Å². The summed E-state index contributed by atoms with van der Waals surface area (Å²) in [6, 6.07) is 2.12. The fourth-order valence-electron chi connectivity index (χ4n) is 4.52. The number of fused-ring (bicyclic) bond motifs is 3. The molecule has 24 heavy (non-hydrogen) atoms. The summed E-state index contributed by atoms with van der Waals surface area (Å²) in [6.07, 6.45) is 8.32. The van der Waals surface area contributed by atoms with E-state index in [2.05, 4.69) is 15.0 Å². The van der Waals surface area contributed by atoms with Gasteiger partial charge in [0, 0.05) is 17.0 Å². The van der Waals surface area contributed by atoms with Crippen LogP contribution in [0.3, 0.4) is 0 Å². The van der Waals surface area contributed by atoms with Gasteiger partial charge in [-0.3, -0.25) is 9.59 Å². The molecule has 6 nitrogen and oxygen atoms in total. The van der Waals surface area contributed by atoms with E-state index in [0.29, 0.717) is 18.3 Å². The van der Waals surface area contributed by atoms with Gasteiger partial charge in [-0.15, -0.1) is 0 Å².